The van der Waals surface area contributed by atoms with Gasteiger partial charge in [0.2, 0.25) is 6.79 Å². The normalized spacial score (nSPS) is 21.5. The van der Waals surface area contributed by atoms with E-state index in [0.29, 0.717) is 18.8 Å². The van der Waals surface area contributed by atoms with Gasteiger partial charge in [-0.3, -0.25) is 0 Å². The van der Waals surface area contributed by atoms with Gasteiger partial charge < -0.3 is 14.8 Å². The van der Waals surface area contributed by atoms with E-state index in [2.05, 4.69) is 41.2 Å². The molecule has 0 spiro atoms. The molecule has 1 N–H and O–H groups in total. The number of ether oxygens (including phenoxy) is 2. The Bertz CT molecular complexity index is 496. The fraction of sp³-hybridized carbons (Fsp3) is 0.625. The monoisotopic (exact) mass is 339 g/mol. The van der Waals surface area contributed by atoms with Gasteiger partial charge >= 0.3 is 0 Å². The summed E-state index contributed by atoms with van der Waals surface area (Å²) in [5, 5.41) is 3.63. The van der Waals surface area contributed by atoms with Crippen molar-refractivity contribution in [3.8, 4) is 11.5 Å². The van der Waals surface area contributed by atoms with E-state index in [-0.39, 0.29) is 0 Å². The Morgan fingerprint density at radius 1 is 1.35 bits per heavy atom. The average molecular weight is 340 g/mol. The van der Waals surface area contributed by atoms with Crippen LogP contribution in [-0.4, -0.2) is 19.4 Å². The van der Waals surface area contributed by atoms with E-state index >= 15 is 0 Å². The standard InChI is InChI=1S/C16H22BrNO2/c1-10(2)14-11(7-12-5-3-4-6-18-12)8-13-16(15(14)17)20-9-19-13/h8,10,12,18H,3-7,9H2,1-2H3. The van der Waals surface area contributed by atoms with Crippen LogP contribution in [0.5, 0.6) is 11.5 Å². The molecule has 2 heterocycles. The van der Waals surface area contributed by atoms with Gasteiger partial charge in [0.15, 0.2) is 11.5 Å². The van der Waals surface area contributed by atoms with Gasteiger partial charge in [-0.1, -0.05) is 20.3 Å². The first-order valence-electron chi connectivity index (χ1n) is 7.51. The zero-order valence-corrected chi connectivity index (χ0v) is 13.8. The van der Waals surface area contributed by atoms with E-state index < -0.39 is 0 Å². The molecule has 0 amide bonds. The highest BCUT2D eigenvalue weighted by atomic mass is 79.9. The molecule has 1 saturated heterocycles. The van der Waals surface area contributed by atoms with Crippen LogP contribution in [0.1, 0.15) is 50.2 Å². The fourth-order valence-corrected chi connectivity index (χ4v) is 4.25. The highest BCUT2D eigenvalue weighted by Crippen LogP contribution is 2.45. The van der Waals surface area contributed by atoms with Gasteiger partial charge in [0.1, 0.15) is 0 Å². The lowest BCUT2D eigenvalue weighted by Gasteiger charge is -2.26. The molecule has 2 aliphatic rings. The van der Waals surface area contributed by atoms with Crippen molar-refractivity contribution in [3.05, 3.63) is 21.7 Å². The van der Waals surface area contributed by atoms with Crippen molar-refractivity contribution in [2.75, 3.05) is 13.3 Å². The maximum atomic E-state index is 5.58. The Morgan fingerprint density at radius 3 is 2.90 bits per heavy atom. The molecule has 0 bridgehead atoms. The van der Waals surface area contributed by atoms with E-state index in [0.717, 1.165) is 28.9 Å². The molecule has 110 valence electrons. The second-order valence-electron chi connectivity index (χ2n) is 6.00. The van der Waals surface area contributed by atoms with Gasteiger partial charge in [-0.2, -0.15) is 0 Å². The van der Waals surface area contributed by atoms with Gasteiger partial charge in [0.05, 0.1) is 4.47 Å². The quantitative estimate of drug-likeness (QED) is 0.903. The van der Waals surface area contributed by atoms with Crippen molar-refractivity contribution in [1.82, 2.24) is 5.32 Å². The molecule has 1 atom stereocenters. The molecule has 4 heteroatoms. The van der Waals surface area contributed by atoms with Crippen LogP contribution >= 0.6 is 15.9 Å². The number of rotatable bonds is 3. The molecule has 1 aromatic rings. The van der Waals surface area contributed by atoms with Crippen LogP contribution in [0.25, 0.3) is 0 Å². The molecule has 1 unspecified atom stereocenters. The van der Waals surface area contributed by atoms with Gasteiger partial charge in [0.25, 0.3) is 0 Å². The molecule has 3 nitrogen and oxygen atoms in total. The summed E-state index contributed by atoms with van der Waals surface area (Å²) in [6.07, 6.45) is 4.98. The van der Waals surface area contributed by atoms with Crippen molar-refractivity contribution in [2.45, 2.75) is 51.5 Å². The minimum atomic E-state index is 0.330. The molecule has 0 saturated carbocycles. The van der Waals surface area contributed by atoms with Crippen LogP contribution in [0.4, 0.5) is 0 Å². The Morgan fingerprint density at radius 2 is 2.20 bits per heavy atom. The first kappa shape index (κ1) is 14.2. The lowest BCUT2D eigenvalue weighted by Crippen LogP contribution is -2.35. The third-order valence-corrected chi connectivity index (χ3v) is 4.97. The smallest absolute Gasteiger partial charge is 0.231 e. The Balaban J connectivity index is 1.94. The summed E-state index contributed by atoms with van der Waals surface area (Å²) in [6.45, 7) is 5.95. The molecular formula is C16H22BrNO2. The number of benzene rings is 1. The van der Waals surface area contributed by atoms with Crippen molar-refractivity contribution in [3.63, 3.8) is 0 Å². The van der Waals surface area contributed by atoms with E-state index in [1.54, 1.807) is 0 Å². The second-order valence-corrected chi connectivity index (χ2v) is 6.80. The predicted octanol–water partition coefficient (Wildman–Crippen LogP) is 3.99. The van der Waals surface area contributed by atoms with Gasteiger partial charge in [-0.05, 0) is 64.8 Å². The van der Waals surface area contributed by atoms with E-state index in [4.69, 9.17) is 9.47 Å². The third-order valence-electron chi connectivity index (χ3n) is 4.18. The van der Waals surface area contributed by atoms with Crippen LogP contribution in [-0.2, 0) is 6.42 Å². The van der Waals surface area contributed by atoms with Gasteiger partial charge in [-0.15, -0.1) is 0 Å². The van der Waals surface area contributed by atoms with Crippen LogP contribution in [0.2, 0.25) is 0 Å². The fourth-order valence-electron chi connectivity index (χ4n) is 3.22. The highest BCUT2D eigenvalue weighted by molar-refractivity contribution is 9.10. The summed E-state index contributed by atoms with van der Waals surface area (Å²) in [6, 6.07) is 2.77. The van der Waals surface area contributed by atoms with Crippen LogP contribution in [0, 0.1) is 0 Å². The largest absolute Gasteiger partial charge is 0.454 e. The Hall–Kier alpha value is -0.740. The van der Waals surface area contributed by atoms with E-state index in [1.165, 1.54) is 30.4 Å². The minimum absolute atomic E-state index is 0.330. The van der Waals surface area contributed by atoms with Crippen LogP contribution in [0.3, 0.4) is 0 Å². The maximum Gasteiger partial charge on any atom is 0.231 e. The van der Waals surface area contributed by atoms with Gasteiger partial charge in [-0.25, -0.2) is 0 Å². The Kier molecular flexibility index (Phi) is 4.22. The van der Waals surface area contributed by atoms with Crippen LogP contribution in [0.15, 0.2) is 10.5 Å². The zero-order valence-electron chi connectivity index (χ0n) is 12.2. The molecule has 0 radical (unpaired) electrons. The number of halogens is 1. The van der Waals surface area contributed by atoms with Crippen molar-refractivity contribution in [2.24, 2.45) is 0 Å². The SMILES string of the molecule is CC(C)c1c(CC2CCCCN2)cc2c(c1Br)OCO2. The first-order valence-corrected chi connectivity index (χ1v) is 8.30. The number of hydrogen-bond donors (Lipinski definition) is 1. The lowest BCUT2D eigenvalue weighted by molar-refractivity contribution is 0.173. The molecule has 1 fully saturated rings. The molecule has 20 heavy (non-hydrogen) atoms. The number of nitrogens with one attached hydrogen (secondary N) is 1. The predicted molar refractivity (Wildman–Crippen MR) is 83.7 cm³/mol. The van der Waals surface area contributed by atoms with Crippen molar-refractivity contribution in [1.29, 1.82) is 0 Å². The van der Waals surface area contributed by atoms with E-state index in [1.807, 2.05) is 0 Å². The average Bonchev–Trinajstić information content (AvgIpc) is 2.88. The summed E-state index contributed by atoms with van der Waals surface area (Å²) in [4.78, 5) is 0. The number of fused-ring (bicyclic) bond motifs is 1. The van der Waals surface area contributed by atoms with Crippen molar-refractivity contribution < 1.29 is 9.47 Å². The first-order chi connectivity index (χ1) is 9.66. The second kappa shape index (κ2) is 5.94. The summed E-state index contributed by atoms with van der Waals surface area (Å²) in [7, 11) is 0. The summed E-state index contributed by atoms with van der Waals surface area (Å²) < 4.78 is 12.2. The number of hydrogen-bond acceptors (Lipinski definition) is 3. The molecule has 2 aliphatic heterocycles. The highest BCUT2D eigenvalue weighted by Gasteiger charge is 2.25. The molecule has 0 aromatic heterocycles. The zero-order chi connectivity index (χ0) is 14.1. The molecular weight excluding hydrogens is 318 g/mol. The Labute approximate surface area is 129 Å². The lowest BCUT2D eigenvalue weighted by atomic mass is 9.90. The van der Waals surface area contributed by atoms with E-state index in [9.17, 15) is 0 Å². The topological polar surface area (TPSA) is 30.5 Å². The van der Waals surface area contributed by atoms with Crippen molar-refractivity contribution >= 4 is 15.9 Å². The summed E-state index contributed by atoms with van der Waals surface area (Å²) >= 11 is 3.72. The third kappa shape index (κ3) is 2.68. The minimum Gasteiger partial charge on any atom is -0.454 e. The summed E-state index contributed by atoms with van der Waals surface area (Å²) in [5.74, 6) is 2.22. The number of piperidine rings is 1. The van der Waals surface area contributed by atoms with Gasteiger partial charge in [0, 0.05) is 6.04 Å². The molecule has 3 rings (SSSR count). The molecule has 1 aromatic carbocycles. The molecule has 0 aliphatic carbocycles. The maximum absolute atomic E-state index is 5.58. The van der Waals surface area contributed by atoms with Crippen LogP contribution < -0.4 is 14.8 Å². The summed E-state index contributed by atoms with van der Waals surface area (Å²) in [5.41, 5.74) is 2.75.